The average molecular weight is 506 g/mol. The van der Waals surface area contributed by atoms with Crippen molar-refractivity contribution < 1.29 is 4.79 Å². The van der Waals surface area contributed by atoms with Crippen LogP contribution in [0, 0.1) is 0 Å². The predicted molar refractivity (Wildman–Crippen MR) is 144 cm³/mol. The fourth-order valence-corrected chi connectivity index (χ4v) is 5.58. The van der Waals surface area contributed by atoms with E-state index in [0.717, 1.165) is 44.5 Å². The number of carbonyl (C=O) groups is 1. The van der Waals surface area contributed by atoms with Crippen molar-refractivity contribution >= 4 is 40.5 Å². The van der Waals surface area contributed by atoms with Crippen LogP contribution in [0.25, 0.3) is 5.57 Å². The van der Waals surface area contributed by atoms with Gasteiger partial charge in [-0.25, -0.2) is 4.98 Å². The van der Waals surface area contributed by atoms with Gasteiger partial charge in [-0.1, -0.05) is 71.7 Å². The zero-order valence-electron chi connectivity index (χ0n) is 19.7. The Hall–Kier alpha value is -2.66. The van der Waals surface area contributed by atoms with Gasteiger partial charge in [0.2, 0.25) is 5.91 Å². The molecule has 0 spiro atoms. The summed E-state index contributed by atoms with van der Waals surface area (Å²) < 4.78 is 0. The number of aromatic nitrogens is 1. The van der Waals surface area contributed by atoms with Crippen molar-refractivity contribution in [2.75, 3.05) is 31.1 Å². The minimum atomic E-state index is -0.219. The van der Waals surface area contributed by atoms with Gasteiger partial charge in [-0.15, -0.1) is 0 Å². The highest BCUT2D eigenvalue weighted by atomic mass is 35.5. The molecule has 1 amide bonds. The van der Waals surface area contributed by atoms with Gasteiger partial charge in [0.15, 0.2) is 0 Å². The Balaban J connectivity index is 1.38. The van der Waals surface area contributed by atoms with Gasteiger partial charge in [-0.05, 0) is 66.8 Å². The lowest BCUT2D eigenvalue weighted by molar-refractivity contribution is -0.120. The molecular weight excluding hydrogens is 477 g/mol. The number of benzene rings is 2. The number of pyridine rings is 1. The van der Waals surface area contributed by atoms with Crippen LogP contribution in [0.15, 0.2) is 79.0 Å². The van der Waals surface area contributed by atoms with Gasteiger partial charge in [0.05, 0.1) is 10.0 Å². The molecule has 5 rings (SSSR count). The molecule has 3 aromatic rings. The monoisotopic (exact) mass is 505 g/mol. The summed E-state index contributed by atoms with van der Waals surface area (Å²) >= 11 is 12.7. The van der Waals surface area contributed by atoms with Gasteiger partial charge in [0, 0.05) is 37.7 Å². The molecule has 2 aliphatic heterocycles. The molecule has 1 saturated heterocycles. The van der Waals surface area contributed by atoms with Gasteiger partial charge in [-0.2, -0.15) is 0 Å². The van der Waals surface area contributed by atoms with Crippen molar-refractivity contribution in [3.8, 4) is 0 Å². The van der Waals surface area contributed by atoms with Crippen LogP contribution in [0.4, 0.5) is 5.82 Å². The standard InChI is InChI=1S/C29H29Cl2N3O/c30-25-10-9-24(20-26(25)31)29(14-11-28(35)34(21-29)27-8-4-5-16-32-27)15-19-33-17-12-23(13-18-33)22-6-2-1-3-7-22/h1-10,12,16,20H,11,13-15,17-19,21H2/t29-/m1/s1. The number of anilines is 1. The van der Waals surface area contributed by atoms with E-state index >= 15 is 0 Å². The van der Waals surface area contributed by atoms with Crippen molar-refractivity contribution in [1.29, 1.82) is 0 Å². The highest BCUT2D eigenvalue weighted by molar-refractivity contribution is 6.42. The smallest absolute Gasteiger partial charge is 0.228 e. The Morgan fingerprint density at radius 3 is 2.49 bits per heavy atom. The second-order valence-corrected chi connectivity index (χ2v) is 10.3. The second kappa shape index (κ2) is 10.5. The Labute approximate surface area is 217 Å². The van der Waals surface area contributed by atoms with Crippen LogP contribution in [-0.2, 0) is 10.2 Å². The van der Waals surface area contributed by atoms with Crippen molar-refractivity contribution in [2.45, 2.75) is 31.1 Å². The molecule has 0 radical (unpaired) electrons. The Morgan fingerprint density at radius 2 is 1.77 bits per heavy atom. The number of halogens is 2. The summed E-state index contributed by atoms with van der Waals surface area (Å²) in [4.78, 5) is 21.8. The van der Waals surface area contributed by atoms with E-state index in [1.54, 1.807) is 6.20 Å². The molecule has 0 bridgehead atoms. The molecule has 1 aromatic heterocycles. The van der Waals surface area contributed by atoms with Gasteiger partial charge >= 0.3 is 0 Å². The first-order chi connectivity index (χ1) is 17.0. The highest BCUT2D eigenvalue weighted by Gasteiger charge is 2.41. The fourth-order valence-electron chi connectivity index (χ4n) is 5.28. The fraction of sp³-hybridized carbons (Fsp3) is 0.310. The molecule has 0 N–H and O–H groups in total. The van der Waals surface area contributed by atoms with E-state index in [1.807, 2.05) is 35.2 Å². The van der Waals surface area contributed by atoms with Crippen LogP contribution < -0.4 is 4.90 Å². The second-order valence-electron chi connectivity index (χ2n) is 9.47. The maximum Gasteiger partial charge on any atom is 0.228 e. The molecule has 0 unspecified atom stereocenters. The molecule has 0 saturated carbocycles. The van der Waals surface area contributed by atoms with Crippen LogP contribution in [0.5, 0.6) is 0 Å². The van der Waals surface area contributed by atoms with E-state index in [-0.39, 0.29) is 11.3 Å². The van der Waals surface area contributed by atoms with Crippen LogP contribution in [-0.4, -0.2) is 42.0 Å². The van der Waals surface area contributed by atoms with Crippen LogP contribution in [0.2, 0.25) is 10.0 Å². The summed E-state index contributed by atoms with van der Waals surface area (Å²) in [6.45, 7) is 3.49. The molecule has 3 heterocycles. The topological polar surface area (TPSA) is 36.4 Å². The first-order valence-corrected chi connectivity index (χ1v) is 12.9. The van der Waals surface area contributed by atoms with Gasteiger partial charge in [0.25, 0.3) is 0 Å². The van der Waals surface area contributed by atoms with Gasteiger partial charge in [-0.3, -0.25) is 14.6 Å². The number of hydrogen-bond donors (Lipinski definition) is 0. The van der Waals surface area contributed by atoms with E-state index < -0.39 is 0 Å². The lowest BCUT2D eigenvalue weighted by atomic mass is 9.71. The lowest BCUT2D eigenvalue weighted by Crippen LogP contribution is -2.51. The minimum absolute atomic E-state index is 0.118. The lowest BCUT2D eigenvalue weighted by Gasteiger charge is -2.44. The summed E-state index contributed by atoms with van der Waals surface area (Å²) in [6, 6.07) is 22.3. The zero-order valence-corrected chi connectivity index (χ0v) is 21.2. The third-order valence-electron chi connectivity index (χ3n) is 7.38. The van der Waals surface area contributed by atoms with Crippen LogP contribution in [0.3, 0.4) is 0 Å². The first kappa shape index (κ1) is 24.1. The van der Waals surface area contributed by atoms with Gasteiger partial charge < -0.3 is 0 Å². The van der Waals surface area contributed by atoms with E-state index in [1.165, 1.54) is 11.1 Å². The normalized spacial score (nSPS) is 21.1. The molecule has 35 heavy (non-hydrogen) atoms. The molecule has 2 aliphatic rings. The predicted octanol–water partition coefficient (Wildman–Crippen LogP) is 6.63. The first-order valence-electron chi connectivity index (χ1n) is 12.2. The molecule has 4 nitrogen and oxygen atoms in total. The van der Waals surface area contributed by atoms with Gasteiger partial charge in [0.1, 0.15) is 5.82 Å². The summed E-state index contributed by atoms with van der Waals surface area (Å²) in [7, 11) is 0. The van der Waals surface area contributed by atoms with Crippen molar-refractivity contribution in [3.05, 3.63) is 100 Å². The number of carbonyl (C=O) groups excluding carboxylic acids is 1. The molecule has 1 fully saturated rings. The maximum absolute atomic E-state index is 12.9. The number of nitrogens with zero attached hydrogens (tertiary/aromatic N) is 3. The van der Waals surface area contributed by atoms with E-state index in [2.05, 4.69) is 52.4 Å². The van der Waals surface area contributed by atoms with Crippen LogP contribution in [0.1, 0.15) is 36.8 Å². The quantitative estimate of drug-likeness (QED) is 0.377. The maximum atomic E-state index is 12.9. The molecule has 2 aromatic carbocycles. The number of amides is 1. The third kappa shape index (κ3) is 5.30. The van der Waals surface area contributed by atoms with Crippen molar-refractivity contribution in [1.82, 2.24) is 9.88 Å². The largest absolute Gasteiger partial charge is 0.299 e. The Kier molecular flexibility index (Phi) is 7.24. The SMILES string of the molecule is O=C1CC[C@](CCN2CC=C(c3ccccc3)CC2)(c2ccc(Cl)c(Cl)c2)CN1c1ccccn1. The number of piperidine rings is 1. The summed E-state index contributed by atoms with van der Waals surface area (Å²) in [5.74, 6) is 0.822. The minimum Gasteiger partial charge on any atom is -0.299 e. The van der Waals surface area contributed by atoms with Crippen molar-refractivity contribution in [3.63, 3.8) is 0 Å². The average Bonchev–Trinajstić information content (AvgIpc) is 2.91. The zero-order chi connectivity index (χ0) is 24.3. The van der Waals surface area contributed by atoms with E-state index in [0.29, 0.717) is 28.8 Å². The Bertz CT molecular complexity index is 1220. The molecule has 0 aliphatic carbocycles. The summed E-state index contributed by atoms with van der Waals surface area (Å²) in [5, 5.41) is 1.10. The number of rotatable bonds is 6. The summed E-state index contributed by atoms with van der Waals surface area (Å²) in [5.41, 5.74) is 3.66. The van der Waals surface area contributed by atoms with Crippen molar-refractivity contribution in [2.24, 2.45) is 0 Å². The van der Waals surface area contributed by atoms with E-state index in [4.69, 9.17) is 23.2 Å². The third-order valence-corrected chi connectivity index (χ3v) is 8.12. The number of hydrogen-bond acceptors (Lipinski definition) is 3. The van der Waals surface area contributed by atoms with E-state index in [9.17, 15) is 4.79 Å². The Morgan fingerprint density at radius 1 is 0.943 bits per heavy atom. The molecule has 6 heteroatoms. The van der Waals surface area contributed by atoms with Crippen LogP contribution >= 0.6 is 23.2 Å². The summed E-state index contributed by atoms with van der Waals surface area (Å²) in [6.07, 6.45) is 7.33. The molecule has 180 valence electrons. The molecule has 1 atom stereocenters. The molecular formula is C29H29Cl2N3O. The highest BCUT2D eigenvalue weighted by Crippen LogP contribution is 2.41.